The van der Waals surface area contributed by atoms with Crippen molar-refractivity contribution in [1.82, 2.24) is 10.2 Å². The maximum atomic E-state index is 5.54. The van der Waals surface area contributed by atoms with Crippen LogP contribution in [0.2, 0.25) is 0 Å². The van der Waals surface area contributed by atoms with Gasteiger partial charge in [-0.3, -0.25) is 0 Å². The summed E-state index contributed by atoms with van der Waals surface area (Å²) >= 11 is 0. The zero-order chi connectivity index (χ0) is 12.8. The van der Waals surface area contributed by atoms with Crippen molar-refractivity contribution < 1.29 is 9.47 Å². The minimum Gasteiger partial charge on any atom is -0.381 e. The van der Waals surface area contributed by atoms with Gasteiger partial charge < -0.3 is 19.7 Å². The average molecular weight is 256 g/mol. The van der Waals surface area contributed by atoms with E-state index in [1.807, 2.05) is 0 Å². The Hall–Kier alpha value is -0.160. The highest BCUT2D eigenvalue weighted by atomic mass is 16.5. The van der Waals surface area contributed by atoms with Crippen molar-refractivity contribution in [2.45, 2.75) is 32.2 Å². The van der Waals surface area contributed by atoms with Crippen LogP contribution in [0, 0.1) is 5.41 Å². The monoisotopic (exact) mass is 256 g/mol. The number of nitrogens with zero attached hydrogens (tertiary/aromatic N) is 1. The Kier molecular flexibility index (Phi) is 5.42. The molecule has 2 saturated heterocycles. The molecule has 2 fully saturated rings. The van der Waals surface area contributed by atoms with Crippen molar-refractivity contribution in [3.8, 4) is 0 Å². The number of rotatable bonds is 6. The molecule has 0 bridgehead atoms. The second kappa shape index (κ2) is 6.85. The first kappa shape index (κ1) is 14.3. The number of nitrogens with one attached hydrogen (secondary N) is 1. The van der Waals surface area contributed by atoms with Gasteiger partial charge >= 0.3 is 0 Å². The van der Waals surface area contributed by atoms with Crippen LogP contribution in [0.5, 0.6) is 0 Å². The molecule has 1 atom stereocenters. The maximum absolute atomic E-state index is 5.54. The molecule has 18 heavy (non-hydrogen) atoms. The van der Waals surface area contributed by atoms with Crippen LogP contribution in [0.25, 0.3) is 0 Å². The first-order valence-corrected chi connectivity index (χ1v) is 7.32. The van der Waals surface area contributed by atoms with Gasteiger partial charge in [-0.1, -0.05) is 6.92 Å². The first-order valence-electron chi connectivity index (χ1n) is 7.32. The van der Waals surface area contributed by atoms with Gasteiger partial charge in [-0.2, -0.15) is 0 Å². The summed E-state index contributed by atoms with van der Waals surface area (Å²) in [6.07, 6.45) is 3.54. The van der Waals surface area contributed by atoms with Crippen LogP contribution in [-0.4, -0.2) is 64.1 Å². The molecule has 0 aliphatic carbocycles. The first-order chi connectivity index (χ1) is 8.76. The lowest BCUT2D eigenvalue weighted by Gasteiger charge is -2.41. The lowest BCUT2D eigenvalue weighted by molar-refractivity contribution is -0.00704. The van der Waals surface area contributed by atoms with E-state index in [4.69, 9.17) is 9.47 Å². The third-order valence-electron chi connectivity index (χ3n) is 4.42. The van der Waals surface area contributed by atoms with Crippen LogP contribution < -0.4 is 5.32 Å². The topological polar surface area (TPSA) is 33.7 Å². The smallest absolute Gasteiger partial charge is 0.0622 e. The summed E-state index contributed by atoms with van der Waals surface area (Å²) in [5.74, 6) is 0. The quantitative estimate of drug-likeness (QED) is 0.772. The molecule has 2 rings (SSSR count). The van der Waals surface area contributed by atoms with E-state index >= 15 is 0 Å². The van der Waals surface area contributed by atoms with E-state index in [1.165, 1.54) is 19.3 Å². The second-order valence-corrected chi connectivity index (χ2v) is 5.83. The van der Waals surface area contributed by atoms with E-state index in [-0.39, 0.29) is 0 Å². The summed E-state index contributed by atoms with van der Waals surface area (Å²) in [7, 11) is 2.25. The van der Waals surface area contributed by atoms with Gasteiger partial charge in [0.25, 0.3) is 0 Å². The summed E-state index contributed by atoms with van der Waals surface area (Å²) in [5.41, 5.74) is 0.394. The molecular weight excluding hydrogens is 228 g/mol. The Morgan fingerprint density at radius 2 is 2.00 bits per heavy atom. The van der Waals surface area contributed by atoms with Crippen LogP contribution in [0.1, 0.15) is 26.2 Å². The van der Waals surface area contributed by atoms with E-state index in [0.717, 1.165) is 46.1 Å². The standard InChI is InChI=1S/C14H28N2O2/c1-3-15-11-14(5-8-17-9-6-14)12-16(2)13-4-7-18-10-13/h13,15H,3-12H2,1-2H3. The normalized spacial score (nSPS) is 27.8. The van der Waals surface area contributed by atoms with Crippen molar-refractivity contribution in [2.24, 2.45) is 5.41 Å². The molecule has 2 heterocycles. The molecule has 4 heteroatoms. The van der Waals surface area contributed by atoms with Crippen molar-refractivity contribution in [3.63, 3.8) is 0 Å². The molecule has 0 radical (unpaired) electrons. The summed E-state index contributed by atoms with van der Waals surface area (Å²) in [6.45, 7) is 9.19. The molecular formula is C14H28N2O2. The lowest BCUT2D eigenvalue weighted by Crippen LogP contribution is -2.49. The Morgan fingerprint density at radius 3 is 2.61 bits per heavy atom. The number of likely N-dealkylation sites (N-methyl/N-ethyl adjacent to an activating group) is 1. The minimum atomic E-state index is 0.394. The van der Waals surface area contributed by atoms with Crippen LogP contribution in [-0.2, 0) is 9.47 Å². The minimum absolute atomic E-state index is 0.394. The molecule has 0 aromatic carbocycles. The molecule has 0 spiro atoms. The van der Waals surface area contributed by atoms with Crippen LogP contribution >= 0.6 is 0 Å². The van der Waals surface area contributed by atoms with Crippen molar-refractivity contribution in [1.29, 1.82) is 0 Å². The van der Waals surface area contributed by atoms with Gasteiger partial charge in [-0.25, -0.2) is 0 Å². The number of hydrogen-bond donors (Lipinski definition) is 1. The lowest BCUT2D eigenvalue weighted by atomic mass is 9.79. The molecule has 2 aliphatic rings. The van der Waals surface area contributed by atoms with E-state index in [0.29, 0.717) is 11.5 Å². The molecule has 0 amide bonds. The summed E-state index contributed by atoms with van der Waals surface area (Å²) in [4.78, 5) is 2.51. The fourth-order valence-electron chi connectivity index (χ4n) is 3.11. The molecule has 0 saturated carbocycles. The fraction of sp³-hybridized carbons (Fsp3) is 1.00. The third kappa shape index (κ3) is 3.67. The van der Waals surface area contributed by atoms with Crippen molar-refractivity contribution in [2.75, 3.05) is 53.1 Å². The predicted molar refractivity (Wildman–Crippen MR) is 72.9 cm³/mol. The van der Waals surface area contributed by atoms with Gasteiger partial charge in [-0.05, 0) is 38.3 Å². The van der Waals surface area contributed by atoms with E-state index in [1.54, 1.807) is 0 Å². The molecule has 0 aromatic rings. The molecule has 2 aliphatic heterocycles. The van der Waals surface area contributed by atoms with Crippen LogP contribution in [0.15, 0.2) is 0 Å². The third-order valence-corrected chi connectivity index (χ3v) is 4.42. The van der Waals surface area contributed by atoms with Crippen molar-refractivity contribution in [3.05, 3.63) is 0 Å². The van der Waals surface area contributed by atoms with E-state index in [2.05, 4.69) is 24.2 Å². The van der Waals surface area contributed by atoms with Gasteiger partial charge in [0.2, 0.25) is 0 Å². The van der Waals surface area contributed by atoms with E-state index < -0.39 is 0 Å². The highest BCUT2D eigenvalue weighted by Crippen LogP contribution is 2.31. The average Bonchev–Trinajstić information content (AvgIpc) is 2.91. The fourth-order valence-corrected chi connectivity index (χ4v) is 3.11. The zero-order valence-electron chi connectivity index (χ0n) is 11.9. The SMILES string of the molecule is CCNCC1(CN(C)C2CCOC2)CCOCC1. The summed E-state index contributed by atoms with van der Waals surface area (Å²) < 4.78 is 11.0. The van der Waals surface area contributed by atoms with Crippen molar-refractivity contribution >= 4 is 0 Å². The van der Waals surface area contributed by atoms with Gasteiger partial charge in [0.15, 0.2) is 0 Å². The maximum Gasteiger partial charge on any atom is 0.0622 e. The van der Waals surface area contributed by atoms with E-state index in [9.17, 15) is 0 Å². The molecule has 1 unspecified atom stereocenters. The summed E-state index contributed by atoms with van der Waals surface area (Å²) in [6, 6.07) is 0.617. The Morgan fingerprint density at radius 1 is 1.22 bits per heavy atom. The van der Waals surface area contributed by atoms with Crippen LogP contribution in [0.4, 0.5) is 0 Å². The Balaban J connectivity index is 1.90. The number of hydrogen-bond acceptors (Lipinski definition) is 4. The highest BCUT2D eigenvalue weighted by molar-refractivity contribution is 4.88. The highest BCUT2D eigenvalue weighted by Gasteiger charge is 2.35. The second-order valence-electron chi connectivity index (χ2n) is 5.83. The summed E-state index contributed by atoms with van der Waals surface area (Å²) in [5, 5.41) is 3.54. The molecule has 0 aromatic heterocycles. The zero-order valence-corrected chi connectivity index (χ0v) is 11.9. The Bertz CT molecular complexity index is 236. The molecule has 106 valence electrons. The molecule has 1 N–H and O–H groups in total. The van der Waals surface area contributed by atoms with Gasteiger partial charge in [0.05, 0.1) is 6.61 Å². The van der Waals surface area contributed by atoms with Gasteiger partial charge in [0.1, 0.15) is 0 Å². The van der Waals surface area contributed by atoms with Gasteiger partial charge in [-0.15, -0.1) is 0 Å². The Labute approximate surface area is 111 Å². The predicted octanol–water partition coefficient (Wildman–Crippen LogP) is 1.11. The number of ether oxygens (including phenoxy) is 2. The van der Waals surface area contributed by atoms with Gasteiger partial charge in [0, 0.05) is 39.0 Å². The van der Waals surface area contributed by atoms with Crippen LogP contribution in [0.3, 0.4) is 0 Å². The molecule has 4 nitrogen and oxygen atoms in total. The largest absolute Gasteiger partial charge is 0.381 e.